The second kappa shape index (κ2) is 4.40. The van der Waals surface area contributed by atoms with Crippen molar-refractivity contribution in [1.82, 2.24) is 9.78 Å². The van der Waals surface area contributed by atoms with E-state index in [1.807, 2.05) is 25.7 Å². The molecule has 0 radical (unpaired) electrons. The molecule has 0 bridgehead atoms. The average Bonchev–Trinajstić information content (AvgIpc) is 2.79. The highest BCUT2D eigenvalue weighted by Gasteiger charge is 2.32. The predicted molar refractivity (Wildman–Crippen MR) is 76.2 cm³/mol. The Morgan fingerprint density at radius 3 is 2.16 bits per heavy atom. The summed E-state index contributed by atoms with van der Waals surface area (Å²) in [6, 6.07) is 0. The Bertz CT molecular complexity index is 578. The van der Waals surface area contributed by atoms with Crippen LogP contribution in [0.15, 0.2) is 4.90 Å². The predicted octanol–water partition coefficient (Wildman–Crippen LogP) is 1.22. The van der Waals surface area contributed by atoms with Crippen LogP contribution in [0.3, 0.4) is 0 Å². The van der Waals surface area contributed by atoms with E-state index in [0.717, 1.165) is 25.9 Å². The van der Waals surface area contributed by atoms with Crippen LogP contribution in [0.1, 0.15) is 33.6 Å². The van der Waals surface area contributed by atoms with Gasteiger partial charge in [-0.2, -0.15) is 5.10 Å². The first-order chi connectivity index (χ1) is 8.62. The lowest BCUT2D eigenvalue weighted by Crippen LogP contribution is -2.25. The van der Waals surface area contributed by atoms with Crippen molar-refractivity contribution >= 4 is 21.5 Å². The lowest BCUT2D eigenvalue weighted by Gasteiger charge is -2.21. The summed E-state index contributed by atoms with van der Waals surface area (Å²) in [6.45, 7) is 7.54. The summed E-state index contributed by atoms with van der Waals surface area (Å²) in [5.74, 6) is 0.740. The van der Waals surface area contributed by atoms with Crippen LogP contribution in [0.4, 0.5) is 11.6 Å². The zero-order valence-corrected chi connectivity index (χ0v) is 12.8. The SMILES string of the molecule is CC(C)(C)n1nc(N2CCCC2)c(S(C)(=O)=O)c1N. The van der Waals surface area contributed by atoms with Crippen LogP contribution >= 0.6 is 0 Å². The van der Waals surface area contributed by atoms with Gasteiger partial charge in [-0.25, -0.2) is 13.1 Å². The largest absolute Gasteiger partial charge is 0.383 e. The Balaban J connectivity index is 2.65. The van der Waals surface area contributed by atoms with E-state index in [0.29, 0.717) is 5.82 Å². The fourth-order valence-corrected chi connectivity index (χ4v) is 3.38. The molecule has 2 heterocycles. The van der Waals surface area contributed by atoms with Crippen LogP contribution in [0.25, 0.3) is 0 Å². The van der Waals surface area contributed by atoms with Crippen molar-refractivity contribution in [3.8, 4) is 0 Å². The highest BCUT2D eigenvalue weighted by atomic mass is 32.2. The summed E-state index contributed by atoms with van der Waals surface area (Å²) in [4.78, 5) is 2.18. The molecule has 1 aromatic rings. The molecule has 2 rings (SSSR count). The Morgan fingerprint density at radius 2 is 1.74 bits per heavy atom. The van der Waals surface area contributed by atoms with Gasteiger partial charge in [0.15, 0.2) is 20.6 Å². The quantitative estimate of drug-likeness (QED) is 0.884. The van der Waals surface area contributed by atoms with Gasteiger partial charge < -0.3 is 10.6 Å². The molecule has 1 saturated heterocycles. The molecule has 0 amide bonds. The minimum Gasteiger partial charge on any atom is -0.383 e. The van der Waals surface area contributed by atoms with E-state index in [2.05, 4.69) is 5.10 Å². The van der Waals surface area contributed by atoms with E-state index in [1.54, 1.807) is 4.68 Å². The zero-order chi connectivity index (χ0) is 14.4. The van der Waals surface area contributed by atoms with Gasteiger partial charge in [0, 0.05) is 19.3 Å². The van der Waals surface area contributed by atoms with Crippen LogP contribution in [0, 0.1) is 0 Å². The van der Waals surface area contributed by atoms with E-state index < -0.39 is 9.84 Å². The minimum atomic E-state index is -3.39. The van der Waals surface area contributed by atoms with E-state index in [4.69, 9.17) is 5.73 Å². The van der Waals surface area contributed by atoms with Crippen LogP contribution in [-0.4, -0.2) is 37.5 Å². The Labute approximate surface area is 114 Å². The number of sulfone groups is 1. The average molecular weight is 286 g/mol. The maximum atomic E-state index is 12.0. The highest BCUT2D eigenvalue weighted by molar-refractivity contribution is 7.91. The van der Waals surface area contributed by atoms with Crippen molar-refractivity contribution in [2.75, 3.05) is 30.0 Å². The molecule has 0 aromatic carbocycles. The van der Waals surface area contributed by atoms with Gasteiger partial charge >= 0.3 is 0 Å². The number of anilines is 2. The second-order valence-corrected chi connectivity index (χ2v) is 8.04. The van der Waals surface area contributed by atoms with Crippen molar-refractivity contribution in [1.29, 1.82) is 0 Å². The van der Waals surface area contributed by atoms with Gasteiger partial charge in [-0.3, -0.25) is 0 Å². The van der Waals surface area contributed by atoms with Crippen molar-refractivity contribution in [3.63, 3.8) is 0 Å². The lowest BCUT2D eigenvalue weighted by molar-refractivity contribution is 0.361. The number of nitrogens with two attached hydrogens (primary N) is 1. The van der Waals surface area contributed by atoms with E-state index in [9.17, 15) is 8.42 Å². The monoisotopic (exact) mass is 286 g/mol. The van der Waals surface area contributed by atoms with Gasteiger partial charge in [-0.15, -0.1) is 0 Å². The molecule has 0 atom stereocenters. The molecule has 0 saturated carbocycles. The van der Waals surface area contributed by atoms with Gasteiger partial charge in [-0.1, -0.05) is 0 Å². The first kappa shape index (κ1) is 14.2. The molecule has 19 heavy (non-hydrogen) atoms. The molecule has 108 valence electrons. The zero-order valence-electron chi connectivity index (χ0n) is 12.0. The van der Waals surface area contributed by atoms with Crippen molar-refractivity contribution in [3.05, 3.63) is 0 Å². The first-order valence-corrected chi connectivity index (χ1v) is 8.35. The molecular formula is C12H22N4O2S. The third-order valence-corrected chi connectivity index (χ3v) is 4.40. The molecule has 7 heteroatoms. The first-order valence-electron chi connectivity index (χ1n) is 6.46. The number of hydrogen-bond acceptors (Lipinski definition) is 5. The molecule has 2 N–H and O–H groups in total. The number of aromatic nitrogens is 2. The summed E-state index contributed by atoms with van der Waals surface area (Å²) in [5.41, 5.74) is 5.69. The molecule has 1 aliphatic rings. The summed E-state index contributed by atoms with van der Waals surface area (Å²) >= 11 is 0. The standard InChI is InChI=1S/C12H22N4O2S/c1-12(2,3)16-10(13)9(19(4,17)18)11(14-16)15-7-5-6-8-15/h5-8,13H2,1-4H3. The Morgan fingerprint density at radius 1 is 1.21 bits per heavy atom. The second-order valence-electron chi connectivity index (χ2n) is 6.09. The van der Waals surface area contributed by atoms with Crippen LogP contribution in [-0.2, 0) is 15.4 Å². The van der Waals surface area contributed by atoms with Crippen LogP contribution in [0.2, 0.25) is 0 Å². The third-order valence-electron chi connectivity index (χ3n) is 3.27. The van der Waals surface area contributed by atoms with Crippen LogP contribution in [0.5, 0.6) is 0 Å². The summed E-state index contributed by atoms with van der Waals surface area (Å²) in [7, 11) is -3.39. The van der Waals surface area contributed by atoms with Crippen LogP contribution < -0.4 is 10.6 Å². The molecule has 1 aromatic heterocycles. The van der Waals surface area contributed by atoms with Gasteiger partial charge in [0.1, 0.15) is 5.82 Å². The maximum Gasteiger partial charge on any atom is 0.182 e. The summed E-state index contributed by atoms with van der Waals surface area (Å²) < 4.78 is 25.6. The summed E-state index contributed by atoms with van der Waals surface area (Å²) in [5, 5.41) is 4.47. The molecule has 0 aliphatic carbocycles. The fraction of sp³-hybridized carbons (Fsp3) is 0.750. The van der Waals surface area contributed by atoms with Gasteiger partial charge in [0.25, 0.3) is 0 Å². The van der Waals surface area contributed by atoms with Crippen molar-refractivity contribution in [2.45, 2.75) is 44.0 Å². The lowest BCUT2D eigenvalue weighted by atomic mass is 10.1. The van der Waals surface area contributed by atoms with Crippen molar-refractivity contribution < 1.29 is 8.42 Å². The molecular weight excluding hydrogens is 264 g/mol. The molecule has 0 unspecified atom stereocenters. The van der Waals surface area contributed by atoms with E-state index in [1.165, 1.54) is 6.26 Å². The molecule has 1 fully saturated rings. The fourth-order valence-electron chi connectivity index (χ4n) is 2.41. The Kier molecular flexibility index (Phi) is 3.28. The smallest absolute Gasteiger partial charge is 0.182 e. The number of hydrogen-bond donors (Lipinski definition) is 1. The third kappa shape index (κ3) is 2.56. The minimum absolute atomic E-state index is 0.171. The number of nitrogens with zero attached hydrogens (tertiary/aromatic N) is 3. The topological polar surface area (TPSA) is 81.2 Å². The maximum absolute atomic E-state index is 12.0. The van der Waals surface area contributed by atoms with E-state index >= 15 is 0 Å². The molecule has 0 spiro atoms. The van der Waals surface area contributed by atoms with E-state index in [-0.39, 0.29) is 16.3 Å². The molecule has 6 nitrogen and oxygen atoms in total. The summed E-state index contributed by atoms with van der Waals surface area (Å²) in [6.07, 6.45) is 3.31. The molecule has 1 aliphatic heterocycles. The van der Waals surface area contributed by atoms with Gasteiger partial charge in [0.2, 0.25) is 0 Å². The Hall–Kier alpha value is -1.24. The van der Waals surface area contributed by atoms with Gasteiger partial charge in [0.05, 0.1) is 5.54 Å². The normalized spacial score (nSPS) is 17.2. The van der Waals surface area contributed by atoms with Gasteiger partial charge in [-0.05, 0) is 33.6 Å². The number of nitrogen functional groups attached to an aromatic ring is 1. The van der Waals surface area contributed by atoms with Crippen molar-refractivity contribution in [2.24, 2.45) is 0 Å². The highest BCUT2D eigenvalue weighted by Crippen LogP contribution is 2.34. The number of rotatable bonds is 2.